The Morgan fingerprint density at radius 2 is 2.13 bits per heavy atom. The third kappa shape index (κ3) is 4.63. The van der Waals surface area contributed by atoms with Crippen LogP contribution in [0.5, 0.6) is 0 Å². The van der Waals surface area contributed by atoms with Gasteiger partial charge in [0.25, 0.3) is 0 Å². The second kappa shape index (κ2) is 8.78. The smallest absolute Gasteiger partial charge is 0.309 e. The molecule has 1 atom stereocenters. The van der Waals surface area contributed by atoms with Crippen molar-refractivity contribution in [3.05, 3.63) is 53.1 Å². The molecule has 1 unspecified atom stereocenters. The van der Waals surface area contributed by atoms with Crippen molar-refractivity contribution in [2.24, 2.45) is 10.6 Å². The molecule has 3 heterocycles. The molecule has 8 heteroatoms. The summed E-state index contributed by atoms with van der Waals surface area (Å²) in [6.07, 6.45) is 3.82. The molecule has 1 aromatic carbocycles. The molecule has 31 heavy (non-hydrogen) atoms. The van der Waals surface area contributed by atoms with Gasteiger partial charge < -0.3 is 9.94 Å². The summed E-state index contributed by atoms with van der Waals surface area (Å²) in [5.41, 5.74) is 2.75. The summed E-state index contributed by atoms with van der Waals surface area (Å²) in [4.78, 5) is 20.1. The number of oxime groups is 1. The molecule has 0 amide bonds. The minimum atomic E-state index is -0.823. The monoisotopic (exact) mass is 428 g/mol. The third-order valence-electron chi connectivity index (χ3n) is 6.54. The van der Waals surface area contributed by atoms with Crippen molar-refractivity contribution in [3.8, 4) is 0 Å². The lowest BCUT2D eigenvalue weighted by atomic mass is 9.73. The van der Waals surface area contributed by atoms with E-state index < -0.39 is 11.4 Å². The summed E-state index contributed by atoms with van der Waals surface area (Å²) < 4.78 is 15.4. The summed E-state index contributed by atoms with van der Waals surface area (Å²) in [5.74, 6) is -1.09. The molecule has 1 saturated heterocycles. The van der Waals surface area contributed by atoms with E-state index in [1.165, 1.54) is 17.7 Å². The van der Waals surface area contributed by atoms with Crippen molar-refractivity contribution in [1.82, 2.24) is 14.7 Å². The Balaban J connectivity index is 1.36. The van der Waals surface area contributed by atoms with E-state index in [4.69, 9.17) is 4.84 Å². The summed E-state index contributed by atoms with van der Waals surface area (Å²) in [5, 5.41) is 18.7. The van der Waals surface area contributed by atoms with Gasteiger partial charge in [-0.3, -0.25) is 14.4 Å². The zero-order valence-electron chi connectivity index (χ0n) is 18.1. The van der Waals surface area contributed by atoms with Crippen LogP contribution in [0.3, 0.4) is 0 Å². The molecule has 0 aliphatic carbocycles. The fraction of sp³-hybridized carbons (Fsp3) is 0.522. The predicted octanol–water partition coefficient (Wildman–Crippen LogP) is 3.60. The minimum Gasteiger partial charge on any atom is -0.481 e. The van der Waals surface area contributed by atoms with E-state index in [2.05, 4.69) is 28.3 Å². The number of carboxylic acid groups (broad SMARTS) is 1. The predicted molar refractivity (Wildman–Crippen MR) is 114 cm³/mol. The average molecular weight is 429 g/mol. The van der Waals surface area contributed by atoms with E-state index in [9.17, 15) is 14.3 Å². The molecule has 2 aliphatic heterocycles. The topological polar surface area (TPSA) is 80.0 Å². The maximum absolute atomic E-state index is 13.5. The van der Waals surface area contributed by atoms with Crippen LogP contribution in [0.25, 0.3) is 0 Å². The number of nitrogens with zero attached hydrogens (tertiary/aromatic N) is 4. The van der Waals surface area contributed by atoms with E-state index in [0.29, 0.717) is 50.0 Å². The quantitative estimate of drug-likeness (QED) is 0.729. The Labute approximate surface area is 181 Å². The van der Waals surface area contributed by atoms with Gasteiger partial charge in [-0.25, -0.2) is 4.39 Å². The van der Waals surface area contributed by atoms with Crippen molar-refractivity contribution in [3.63, 3.8) is 0 Å². The fourth-order valence-electron chi connectivity index (χ4n) is 4.57. The molecular formula is C23H29FN4O3. The Morgan fingerprint density at radius 3 is 2.77 bits per heavy atom. The number of likely N-dealkylation sites (tertiary alicyclic amines) is 1. The van der Waals surface area contributed by atoms with E-state index >= 15 is 0 Å². The lowest BCUT2D eigenvalue weighted by Crippen LogP contribution is -2.45. The first kappa shape index (κ1) is 21.5. The highest BCUT2D eigenvalue weighted by Gasteiger charge is 2.45. The minimum absolute atomic E-state index is 0.300. The molecule has 0 saturated carbocycles. The highest BCUT2D eigenvalue weighted by atomic mass is 19.1. The van der Waals surface area contributed by atoms with Gasteiger partial charge in [0.05, 0.1) is 16.8 Å². The van der Waals surface area contributed by atoms with Crippen LogP contribution in [-0.4, -0.2) is 50.7 Å². The Morgan fingerprint density at radius 1 is 1.35 bits per heavy atom. The molecule has 4 rings (SSSR count). The first-order valence-electron chi connectivity index (χ1n) is 10.9. The first-order valence-corrected chi connectivity index (χ1v) is 10.9. The van der Waals surface area contributed by atoms with Gasteiger partial charge in [0.2, 0.25) is 0 Å². The molecule has 0 spiro atoms. The molecule has 166 valence electrons. The van der Waals surface area contributed by atoms with E-state index in [1.807, 2.05) is 11.6 Å². The number of hydrogen-bond acceptors (Lipinski definition) is 5. The van der Waals surface area contributed by atoms with Crippen molar-refractivity contribution in [1.29, 1.82) is 0 Å². The van der Waals surface area contributed by atoms with Crippen molar-refractivity contribution < 1.29 is 19.1 Å². The number of carboxylic acids is 1. The van der Waals surface area contributed by atoms with E-state index in [0.717, 1.165) is 18.8 Å². The number of aryl methyl sites for hydroxylation is 2. The summed E-state index contributed by atoms with van der Waals surface area (Å²) in [6.45, 7) is 7.13. The van der Waals surface area contributed by atoms with Gasteiger partial charge in [-0.05, 0) is 51.9 Å². The molecule has 1 fully saturated rings. The van der Waals surface area contributed by atoms with Crippen molar-refractivity contribution in [2.45, 2.75) is 58.7 Å². The second-order valence-corrected chi connectivity index (χ2v) is 8.64. The number of hydrogen-bond donors (Lipinski definition) is 1. The lowest BCUT2D eigenvalue weighted by Gasteiger charge is -2.39. The molecule has 1 N–H and O–H groups in total. The number of benzene rings is 1. The average Bonchev–Trinajstić information content (AvgIpc) is 3.36. The van der Waals surface area contributed by atoms with Crippen LogP contribution >= 0.6 is 0 Å². The number of piperidine rings is 1. The standard InChI is InChI=1S/C23H29FN4O3/c1-3-28-15-18(16(2)25-28)14-27-9-7-23(8-10-27,22(29)30)13-20-12-21(26-31-20)17-5-4-6-19(24)11-17/h4-6,11,15,20H,3,7-10,12-14H2,1-2H3,(H,29,30). The van der Waals surface area contributed by atoms with Gasteiger partial charge in [0.1, 0.15) is 11.9 Å². The molecular weight excluding hydrogens is 399 g/mol. The molecule has 1 aromatic heterocycles. The zero-order valence-corrected chi connectivity index (χ0v) is 18.1. The van der Waals surface area contributed by atoms with Crippen LogP contribution in [-0.2, 0) is 22.7 Å². The van der Waals surface area contributed by atoms with Crippen LogP contribution < -0.4 is 0 Å². The van der Waals surface area contributed by atoms with Gasteiger partial charge in [0, 0.05) is 43.3 Å². The number of aliphatic carboxylic acids is 1. The lowest BCUT2D eigenvalue weighted by molar-refractivity contribution is -0.155. The normalized spacial score (nSPS) is 21.0. The SMILES string of the molecule is CCn1cc(CN2CCC(CC3CC(c4cccc(F)c4)=NO3)(C(=O)O)CC2)c(C)n1. The number of carbonyl (C=O) groups is 1. The van der Waals surface area contributed by atoms with Gasteiger partial charge in [-0.2, -0.15) is 5.10 Å². The van der Waals surface area contributed by atoms with Crippen molar-refractivity contribution >= 4 is 11.7 Å². The van der Waals surface area contributed by atoms with Crippen LogP contribution in [0.2, 0.25) is 0 Å². The number of aromatic nitrogens is 2. The Hall–Kier alpha value is -2.74. The van der Waals surface area contributed by atoms with Crippen molar-refractivity contribution in [2.75, 3.05) is 13.1 Å². The summed E-state index contributed by atoms with van der Waals surface area (Å²) >= 11 is 0. The van der Waals surface area contributed by atoms with Gasteiger partial charge >= 0.3 is 5.97 Å². The number of halogens is 1. The molecule has 2 aromatic rings. The molecule has 7 nitrogen and oxygen atoms in total. The highest BCUT2D eigenvalue weighted by molar-refractivity contribution is 6.01. The van der Waals surface area contributed by atoms with Crippen LogP contribution in [0.4, 0.5) is 4.39 Å². The first-order chi connectivity index (χ1) is 14.9. The number of rotatable bonds is 7. The van der Waals surface area contributed by atoms with Crippen LogP contribution in [0.1, 0.15) is 49.4 Å². The van der Waals surface area contributed by atoms with Gasteiger partial charge in [-0.15, -0.1) is 0 Å². The maximum Gasteiger partial charge on any atom is 0.309 e. The second-order valence-electron chi connectivity index (χ2n) is 8.64. The Kier molecular flexibility index (Phi) is 6.09. The zero-order chi connectivity index (χ0) is 22.0. The van der Waals surface area contributed by atoms with Gasteiger partial charge in [-0.1, -0.05) is 17.3 Å². The fourth-order valence-corrected chi connectivity index (χ4v) is 4.57. The maximum atomic E-state index is 13.5. The van der Waals surface area contributed by atoms with Gasteiger partial charge in [0.15, 0.2) is 0 Å². The highest BCUT2D eigenvalue weighted by Crippen LogP contribution is 2.39. The van der Waals surface area contributed by atoms with Crippen LogP contribution in [0.15, 0.2) is 35.6 Å². The summed E-state index contributed by atoms with van der Waals surface area (Å²) in [6, 6.07) is 6.25. The molecule has 0 bridgehead atoms. The largest absolute Gasteiger partial charge is 0.481 e. The molecule has 0 radical (unpaired) electrons. The Bertz CT molecular complexity index is 979. The van der Waals surface area contributed by atoms with E-state index in [1.54, 1.807) is 12.1 Å². The third-order valence-corrected chi connectivity index (χ3v) is 6.54. The van der Waals surface area contributed by atoms with E-state index in [-0.39, 0.29) is 11.9 Å². The summed E-state index contributed by atoms with van der Waals surface area (Å²) in [7, 11) is 0. The molecule has 2 aliphatic rings. The van der Waals surface area contributed by atoms with Crippen LogP contribution in [0, 0.1) is 18.2 Å².